The molecular formula is C23H25N7O4. The van der Waals surface area contributed by atoms with Crippen LogP contribution in [0.1, 0.15) is 29.2 Å². The number of amides is 1. The Kier molecular flexibility index (Phi) is 4.97. The van der Waals surface area contributed by atoms with Crippen LogP contribution in [0.4, 0.5) is 5.82 Å². The molecule has 1 saturated carbocycles. The van der Waals surface area contributed by atoms with Gasteiger partial charge in [0.05, 0.1) is 43.3 Å². The molecular weight excluding hydrogens is 438 g/mol. The minimum absolute atomic E-state index is 0.207. The number of carbonyl (C=O) groups excluding carboxylic acids is 1. The third-order valence-electron chi connectivity index (χ3n) is 6.78. The zero-order valence-corrected chi connectivity index (χ0v) is 18.5. The Bertz CT molecular complexity index is 1350. The second kappa shape index (κ2) is 8.05. The molecule has 2 aromatic rings. The van der Waals surface area contributed by atoms with Gasteiger partial charge < -0.3 is 30.2 Å². The Labute approximate surface area is 194 Å². The zero-order valence-electron chi connectivity index (χ0n) is 18.5. The molecule has 4 N–H and O–H groups in total. The van der Waals surface area contributed by atoms with Gasteiger partial charge in [0.25, 0.3) is 5.91 Å². The van der Waals surface area contributed by atoms with E-state index >= 15 is 0 Å². The lowest BCUT2D eigenvalue weighted by Gasteiger charge is -2.32. The summed E-state index contributed by atoms with van der Waals surface area (Å²) in [4.78, 5) is 22.3. The monoisotopic (exact) mass is 463 g/mol. The summed E-state index contributed by atoms with van der Waals surface area (Å²) in [7, 11) is 1.78. The summed E-state index contributed by atoms with van der Waals surface area (Å²) in [5.74, 6) is 1.08. The maximum atomic E-state index is 12.9. The van der Waals surface area contributed by atoms with E-state index in [1.54, 1.807) is 17.8 Å². The van der Waals surface area contributed by atoms with Crippen molar-refractivity contribution in [3.8, 4) is 22.6 Å². The maximum Gasteiger partial charge on any atom is 0.257 e. The van der Waals surface area contributed by atoms with Crippen LogP contribution < -0.4 is 10.6 Å². The summed E-state index contributed by atoms with van der Waals surface area (Å²) >= 11 is 0. The fourth-order valence-electron chi connectivity index (χ4n) is 4.66. The molecule has 34 heavy (non-hydrogen) atoms. The molecule has 0 spiro atoms. The lowest BCUT2D eigenvalue weighted by atomic mass is 9.89. The average molecular weight is 463 g/mol. The molecule has 0 aromatic carbocycles. The van der Waals surface area contributed by atoms with E-state index < -0.39 is 12.2 Å². The van der Waals surface area contributed by atoms with Gasteiger partial charge in [-0.15, -0.1) is 0 Å². The molecule has 11 heteroatoms. The number of carbonyl (C=O) groups is 1. The first-order chi connectivity index (χ1) is 16.5. The predicted molar refractivity (Wildman–Crippen MR) is 123 cm³/mol. The van der Waals surface area contributed by atoms with Crippen LogP contribution in [0, 0.1) is 0 Å². The average Bonchev–Trinajstić information content (AvgIpc) is 3.58. The molecule has 2 unspecified atom stereocenters. The van der Waals surface area contributed by atoms with Gasteiger partial charge in [-0.1, -0.05) is 0 Å². The van der Waals surface area contributed by atoms with Crippen molar-refractivity contribution in [2.75, 3.05) is 25.6 Å². The number of aromatic nitrogens is 5. The summed E-state index contributed by atoms with van der Waals surface area (Å²) in [6, 6.07) is 5.28. The molecule has 2 aromatic heterocycles. The number of hydrogen-bond acceptors (Lipinski definition) is 8. The van der Waals surface area contributed by atoms with Crippen molar-refractivity contribution in [2.45, 2.75) is 37.1 Å². The van der Waals surface area contributed by atoms with Crippen molar-refractivity contribution in [1.29, 1.82) is 0 Å². The number of rotatable bonds is 5. The Morgan fingerprint density at radius 2 is 2.06 bits per heavy atom. The number of nitrogens with one attached hydrogen (secondary N) is 2. The van der Waals surface area contributed by atoms with E-state index in [1.807, 2.05) is 29.0 Å². The molecule has 4 aliphatic rings. The van der Waals surface area contributed by atoms with Crippen molar-refractivity contribution in [2.24, 2.45) is 0 Å². The molecule has 11 nitrogen and oxygen atoms in total. The van der Waals surface area contributed by atoms with E-state index in [-0.39, 0.29) is 18.0 Å². The van der Waals surface area contributed by atoms with Crippen LogP contribution in [0.2, 0.25) is 0 Å². The highest BCUT2D eigenvalue weighted by molar-refractivity contribution is 6.00. The molecule has 1 saturated heterocycles. The highest BCUT2D eigenvalue weighted by Crippen LogP contribution is 2.36. The smallest absolute Gasteiger partial charge is 0.257 e. The van der Waals surface area contributed by atoms with Gasteiger partial charge in [-0.25, -0.2) is 9.97 Å². The minimum Gasteiger partial charge on any atom is -0.391 e. The SMILES string of the molecule is CNc1cc(-c2cnc3n([C@@H]4COC[C@H]4O)cccc2-3)nc2c(C(=O)NC3CCC3O)cnn12. The van der Waals surface area contributed by atoms with E-state index in [4.69, 9.17) is 9.72 Å². The second-order valence-electron chi connectivity index (χ2n) is 8.79. The van der Waals surface area contributed by atoms with Crippen molar-refractivity contribution < 1.29 is 19.7 Å². The number of ether oxygens (including phenoxy) is 1. The largest absolute Gasteiger partial charge is 0.391 e. The number of hydrogen-bond donors (Lipinski definition) is 4. The molecule has 6 rings (SSSR count). The highest BCUT2D eigenvalue weighted by atomic mass is 16.5. The van der Waals surface area contributed by atoms with Crippen molar-refractivity contribution in [3.05, 3.63) is 42.4 Å². The molecule has 1 amide bonds. The summed E-state index contributed by atoms with van der Waals surface area (Å²) in [5, 5.41) is 30.5. The first-order valence-electron chi connectivity index (χ1n) is 11.3. The van der Waals surface area contributed by atoms with Crippen molar-refractivity contribution in [3.63, 3.8) is 0 Å². The number of pyridine rings is 1. The quantitative estimate of drug-likeness (QED) is 0.343. The van der Waals surface area contributed by atoms with Gasteiger partial charge >= 0.3 is 0 Å². The second-order valence-corrected chi connectivity index (χ2v) is 8.79. The molecule has 5 heterocycles. The number of nitrogens with zero attached hydrogens (tertiary/aromatic N) is 5. The van der Waals surface area contributed by atoms with Gasteiger partial charge in [-0.3, -0.25) is 4.79 Å². The third-order valence-corrected chi connectivity index (χ3v) is 6.78. The molecule has 0 bridgehead atoms. The van der Waals surface area contributed by atoms with Crippen LogP contribution in [0.25, 0.3) is 28.3 Å². The van der Waals surface area contributed by atoms with Crippen LogP contribution in [0.3, 0.4) is 0 Å². The molecule has 2 fully saturated rings. The van der Waals surface area contributed by atoms with Crippen LogP contribution >= 0.6 is 0 Å². The Hall–Kier alpha value is -3.54. The number of fused-ring (bicyclic) bond motifs is 2. The van der Waals surface area contributed by atoms with Crippen LogP contribution in [-0.2, 0) is 4.74 Å². The van der Waals surface area contributed by atoms with Gasteiger partial charge in [0.15, 0.2) is 5.65 Å². The highest BCUT2D eigenvalue weighted by Gasteiger charge is 2.32. The lowest BCUT2D eigenvalue weighted by Crippen LogP contribution is -2.50. The van der Waals surface area contributed by atoms with Crippen LogP contribution in [0.5, 0.6) is 0 Å². The van der Waals surface area contributed by atoms with Crippen molar-refractivity contribution in [1.82, 2.24) is 29.5 Å². The van der Waals surface area contributed by atoms with Crippen LogP contribution in [-0.4, -0.2) is 78.8 Å². The first-order valence-corrected chi connectivity index (χ1v) is 11.3. The molecule has 0 radical (unpaired) electrons. The number of aliphatic hydroxyl groups excluding tert-OH is 2. The number of aliphatic hydroxyl groups is 2. The van der Waals surface area contributed by atoms with E-state index in [2.05, 4.69) is 20.7 Å². The molecule has 176 valence electrons. The van der Waals surface area contributed by atoms with Gasteiger partial charge in [-0.05, 0) is 25.0 Å². The van der Waals surface area contributed by atoms with E-state index in [0.29, 0.717) is 42.4 Å². The van der Waals surface area contributed by atoms with Gasteiger partial charge in [0.2, 0.25) is 0 Å². The Morgan fingerprint density at radius 3 is 2.76 bits per heavy atom. The number of anilines is 1. The Morgan fingerprint density at radius 1 is 1.18 bits per heavy atom. The van der Waals surface area contributed by atoms with Crippen molar-refractivity contribution >= 4 is 17.4 Å². The minimum atomic E-state index is -0.594. The zero-order chi connectivity index (χ0) is 23.4. The molecule has 1 aliphatic carbocycles. The summed E-state index contributed by atoms with van der Waals surface area (Å²) < 4.78 is 8.96. The van der Waals surface area contributed by atoms with Gasteiger partial charge in [-0.2, -0.15) is 9.61 Å². The fraction of sp³-hybridized carbons (Fsp3) is 0.391. The standard InChI is InChI=1S/C23H25N7O4/c1-24-20-7-16(27-22-14(9-26-30(20)22)23(33)28-15-4-5-18(15)31)13-8-25-21-12(13)3-2-6-29(21)17-10-34-11-19(17)32/h2-3,6-9,15,17-19,24,31-32H,4-5,10-11H2,1H3,(H,28,33)/t15?,17-,18?,19-/m1/s1. The topological polar surface area (TPSA) is 139 Å². The Balaban J connectivity index is 1.41. The summed E-state index contributed by atoms with van der Waals surface area (Å²) in [5.41, 5.74) is 3.06. The van der Waals surface area contributed by atoms with Gasteiger partial charge in [0, 0.05) is 36.6 Å². The van der Waals surface area contributed by atoms with Crippen LogP contribution in [0.15, 0.2) is 36.8 Å². The summed E-state index contributed by atoms with van der Waals surface area (Å²) in [6.45, 7) is 0.723. The lowest BCUT2D eigenvalue weighted by molar-refractivity contribution is 0.0448. The normalized spacial score (nSPS) is 24.4. The third kappa shape index (κ3) is 3.23. The molecule has 3 aliphatic heterocycles. The van der Waals surface area contributed by atoms with E-state index in [0.717, 1.165) is 23.4 Å². The predicted octanol–water partition coefficient (Wildman–Crippen LogP) is 0.925. The maximum absolute atomic E-state index is 12.9. The van der Waals surface area contributed by atoms with Gasteiger partial charge in [0.1, 0.15) is 23.3 Å². The van der Waals surface area contributed by atoms with E-state index in [1.165, 1.54) is 6.20 Å². The first kappa shape index (κ1) is 21.0. The fourth-order valence-corrected chi connectivity index (χ4v) is 4.66. The summed E-state index contributed by atoms with van der Waals surface area (Å²) in [6.07, 6.45) is 5.46. The molecule has 4 atom stereocenters. The van der Waals surface area contributed by atoms with E-state index in [9.17, 15) is 15.0 Å².